The van der Waals surface area contributed by atoms with Crippen LogP contribution in [0.3, 0.4) is 0 Å². The van der Waals surface area contributed by atoms with Gasteiger partial charge in [0.05, 0.1) is 17.9 Å². The molecular formula is C21H22F3N3O6S. The molecule has 0 aromatic heterocycles. The van der Waals surface area contributed by atoms with Crippen molar-refractivity contribution in [2.45, 2.75) is 34.7 Å². The summed E-state index contributed by atoms with van der Waals surface area (Å²) < 4.78 is 45.9. The van der Waals surface area contributed by atoms with Crippen LogP contribution in [0.4, 0.5) is 13.2 Å². The summed E-state index contributed by atoms with van der Waals surface area (Å²) in [5.74, 6) is 0.211. The van der Waals surface area contributed by atoms with E-state index in [-0.39, 0.29) is 16.8 Å². The van der Waals surface area contributed by atoms with E-state index in [0.29, 0.717) is 17.0 Å². The molecule has 1 aliphatic rings. The number of carboxylic acid groups (broad SMARTS) is 1. The second-order valence-corrected chi connectivity index (χ2v) is 8.61. The van der Waals surface area contributed by atoms with Gasteiger partial charge < -0.3 is 35.9 Å². The number of carboxylic acids is 1. The zero-order chi connectivity index (χ0) is 25.2. The molecule has 0 amide bonds. The van der Waals surface area contributed by atoms with E-state index in [1.807, 2.05) is 0 Å². The number of nitrogens with two attached hydrogens (primary N) is 2. The van der Waals surface area contributed by atoms with Crippen LogP contribution in [0.5, 0.6) is 0 Å². The van der Waals surface area contributed by atoms with E-state index in [1.54, 1.807) is 6.07 Å². The molecule has 0 bridgehead atoms. The Labute approximate surface area is 196 Å². The third-order valence-electron chi connectivity index (χ3n) is 5.13. The second-order valence-electron chi connectivity index (χ2n) is 7.43. The summed E-state index contributed by atoms with van der Waals surface area (Å²) in [6.45, 7) is -0.641. The quantitative estimate of drug-likeness (QED) is 0.182. The lowest BCUT2D eigenvalue weighted by Gasteiger charge is -2.45. The van der Waals surface area contributed by atoms with Crippen LogP contribution in [-0.4, -0.2) is 67.8 Å². The third-order valence-corrected chi connectivity index (χ3v) is 6.28. The molecule has 0 saturated carbocycles. The number of aliphatic hydroxyl groups excluding tert-OH is 3. The maximum absolute atomic E-state index is 13.5. The minimum atomic E-state index is -1.67. The van der Waals surface area contributed by atoms with Gasteiger partial charge in [-0.25, -0.2) is 23.8 Å². The smallest absolute Gasteiger partial charge is 0.335 e. The van der Waals surface area contributed by atoms with Gasteiger partial charge in [-0.2, -0.15) is 0 Å². The zero-order valence-electron chi connectivity index (χ0n) is 17.4. The van der Waals surface area contributed by atoms with Crippen LogP contribution in [-0.2, 0) is 4.74 Å². The minimum absolute atomic E-state index is 0.000475. The standard InChI is InChI=1S/C21H22F3N3O6S/c22-12-5-10(6-13(23)16(12)24)14(25)7-27(26)17-18(29)15(8-28)33-21(19(17)30)34-11-3-1-2-9(4-11)20(31)32/h1-7,15,17-19,21,28-30H,8,25-26H2,(H,31,32)/b14-7-. The van der Waals surface area contributed by atoms with Crippen molar-refractivity contribution in [2.75, 3.05) is 6.61 Å². The number of nitrogens with zero attached hydrogens (tertiary/aromatic N) is 1. The number of carbonyl (C=O) groups is 1. The monoisotopic (exact) mass is 501 g/mol. The summed E-state index contributed by atoms with van der Waals surface area (Å²) in [5.41, 5.74) is 4.19. The molecule has 0 spiro atoms. The number of hydrogen-bond acceptors (Lipinski definition) is 9. The first-order valence-corrected chi connectivity index (χ1v) is 10.7. The van der Waals surface area contributed by atoms with Gasteiger partial charge in [0.15, 0.2) is 17.5 Å². The van der Waals surface area contributed by atoms with Gasteiger partial charge in [0.2, 0.25) is 0 Å². The Balaban J connectivity index is 1.87. The topological polar surface area (TPSA) is 162 Å². The van der Waals surface area contributed by atoms with E-state index in [9.17, 15) is 33.3 Å². The van der Waals surface area contributed by atoms with Crippen LogP contribution < -0.4 is 11.6 Å². The highest BCUT2D eigenvalue weighted by molar-refractivity contribution is 7.99. The van der Waals surface area contributed by atoms with Gasteiger partial charge >= 0.3 is 5.97 Å². The van der Waals surface area contributed by atoms with Crippen molar-refractivity contribution < 1.29 is 43.1 Å². The molecule has 0 aliphatic carbocycles. The van der Waals surface area contributed by atoms with Gasteiger partial charge in [-0.3, -0.25) is 0 Å². The third kappa shape index (κ3) is 5.46. The number of aromatic carboxylic acids is 1. The number of hydrogen-bond donors (Lipinski definition) is 6. The Morgan fingerprint density at radius 3 is 2.35 bits per heavy atom. The molecule has 5 atom stereocenters. The molecular weight excluding hydrogens is 479 g/mol. The number of thioether (sulfide) groups is 1. The van der Waals surface area contributed by atoms with Gasteiger partial charge in [-0.15, -0.1) is 0 Å². The predicted molar refractivity (Wildman–Crippen MR) is 115 cm³/mol. The van der Waals surface area contributed by atoms with E-state index in [2.05, 4.69) is 0 Å². The summed E-state index contributed by atoms with van der Waals surface area (Å²) in [7, 11) is 0. The lowest BCUT2D eigenvalue weighted by Crippen LogP contribution is -2.64. The number of aliphatic hydroxyl groups is 3. The summed E-state index contributed by atoms with van der Waals surface area (Å²) >= 11 is 0.935. The summed E-state index contributed by atoms with van der Waals surface area (Å²) in [6.07, 6.45) is -3.21. The fraction of sp³-hybridized carbons (Fsp3) is 0.286. The summed E-state index contributed by atoms with van der Waals surface area (Å²) in [5, 5.41) is 41.0. The second kappa shape index (κ2) is 10.6. The highest BCUT2D eigenvalue weighted by Gasteiger charge is 2.46. The number of rotatable bonds is 7. The molecule has 1 aliphatic heterocycles. The molecule has 34 heavy (non-hydrogen) atoms. The normalized spacial score (nSPS) is 25.3. The largest absolute Gasteiger partial charge is 0.478 e. The van der Waals surface area contributed by atoms with E-state index >= 15 is 0 Å². The minimum Gasteiger partial charge on any atom is -0.478 e. The molecule has 9 nitrogen and oxygen atoms in total. The average Bonchev–Trinajstić information content (AvgIpc) is 2.79. The average molecular weight is 501 g/mol. The van der Waals surface area contributed by atoms with Crippen molar-refractivity contribution in [1.29, 1.82) is 0 Å². The van der Waals surface area contributed by atoms with Crippen LogP contribution in [0.25, 0.3) is 5.70 Å². The maximum Gasteiger partial charge on any atom is 0.335 e. The molecule has 1 fully saturated rings. The Kier molecular flexibility index (Phi) is 8.07. The van der Waals surface area contributed by atoms with Crippen molar-refractivity contribution in [1.82, 2.24) is 5.01 Å². The SMILES string of the molecule is N/C(=C\N(N)C1C(O)C(CO)OC(Sc2cccc(C(=O)O)c2)C1O)c1cc(F)c(F)c(F)c1. The maximum atomic E-state index is 13.5. The Morgan fingerprint density at radius 1 is 1.12 bits per heavy atom. The van der Waals surface area contributed by atoms with Crippen LogP contribution >= 0.6 is 11.8 Å². The fourth-order valence-corrected chi connectivity index (χ4v) is 4.52. The zero-order valence-corrected chi connectivity index (χ0v) is 18.2. The first-order valence-electron chi connectivity index (χ1n) is 9.81. The van der Waals surface area contributed by atoms with Crippen molar-refractivity contribution in [2.24, 2.45) is 11.6 Å². The highest BCUT2D eigenvalue weighted by Crippen LogP contribution is 2.35. The number of ether oxygens (including phenoxy) is 1. The van der Waals surface area contributed by atoms with Gasteiger partial charge in [0, 0.05) is 16.7 Å². The van der Waals surface area contributed by atoms with E-state index in [1.165, 1.54) is 18.2 Å². The molecule has 13 heteroatoms. The predicted octanol–water partition coefficient (Wildman–Crippen LogP) is 0.835. The van der Waals surface area contributed by atoms with Crippen molar-refractivity contribution in [3.63, 3.8) is 0 Å². The van der Waals surface area contributed by atoms with Gasteiger partial charge in [-0.05, 0) is 30.3 Å². The van der Waals surface area contributed by atoms with Crippen LogP contribution in [0.2, 0.25) is 0 Å². The molecule has 2 aromatic rings. The molecule has 3 rings (SSSR count). The van der Waals surface area contributed by atoms with Crippen LogP contribution in [0.15, 0.2) is 47.5 Å². The lowest BCUT2D eigenvalue weighted by molar-refractivity contribution is -0.184. The molecule has 0 radical (unpaired) electrons. The number of benzene rings is 2. The fourth-order valence-electron chi connectivity index (χ4n) is 3.40. The van der Waals surface area contributed by atoms with E-state index in [0.717, 1.165) is 23.0 Å². The summed E-state index contributed by atoms with van der Waals surface area (Å²) in [6, 6.07) is 5.81. The first kappa shape index (κ1) is 25.8. The molecule has 1 saturated heterocycles. The molecule has 1 heterocycles. The number of halogens is 3. The molecule has 5 unspecified atom stereocenters. The Morgan fingerprint density at radius 2 is 1.76 bits per heavy atom. The molecule has 8 N–H and O–H groups in total. The lowest BCUT2D eigenvalue weighted by atomic mass is 9.96. The first-order chi connectivity index (χ1) is 16.0. The van der Waals surface area contributed by atoms with Gasteiger partial charge in [0.1, 0.15) is 29.8 Å². The summed E-state index contributed by atoms with van der Waals surface area (Å²) in [4.78, 5) is 11.6. The van der Waals surface area contributed by atoms with Crippen LogP contribution in [0, 0.1) is 17.5 Å². The number of hydrazine groups is 1. The van der Waals surface area contributed by atoms with Gasteiger partial charge in [0.25, 0.3) is 0 Å². The molecule has 184 valence electrons. The van der Waals surface area contributed by atoms with Crippen LogP contribution in [0.1, 0.15) is 15.9 Å². The Bertz CT molecular complexity index is 1070. The van der Waals surface area contributed by atoms with Crippen molar-refractivity contribution in [3.8, 4) is 0 Å². The van der Waals surface area contributed by atoms with Crippen molar-refractivity contribution >= 4 is 23.4 Å². The van der Waals surface area contributed by atoms with Gasteiger partial charge in [-0.1, -0.05) is 17.8 Å². The van der Waals surface area contributed by atoms with E-state index in [4.69, 9.17) is 21.4 Å². The Hall–Kier alpha value is -2.81. The van der Waals surface area contributed by atoms with Crippen molar-refractivity contribution in [3.05, 3.63) is 71.2 Å². The van der Waals surface area contributed by atoms with E-state index < -0.39 is 59.8 Å². The molecule has 2 aromatic carbocycles. The highest BCUT2D eigenvalue weighted by atomic mass is 32.2.